The normalized spacial score (nSPS) is 19.9. The molecule has 1 aliphatic heterocycles. The summed E-state index contributed by atoms with van der Waals surface area (Å²) >= 11 is 0. The van der Waals surface area contributed by atoms with Crippen molar-refractivity contribution in [2.45, 2.75) is 141 Å². The molecule has 3 atom stereocenters. The summed E-state index contributed by atoms with van der Waals surface area (Å²) in [6.45, 7) is 4.07. The summed E-state index contributed by atoms with van der Waals surface area (Å²) in [4.78, 5) is 37.0. The van der Waals surface area contributed by atoms with Crippen LogP contribution in [0.3, 0.4) is 0 Å². The number of terminal acetylenes is 1. The van der Waals surface area contributed by atoms with Crippen LogP contribution in [-0.2, 0) is 23.8 Å². The number of nitrogens with two attached hydrogens (primary N) is 1. The van der Waals surface area contributed by atoms with E-state index in [1.54, 1.807) is 0 Å². The predicted octanol–water partition coefficient (Wildman–Crippen LogP) is 6.57. The number of halogens is 1. The number of aromatic nitrogens is 4. The number of carbonyl (C=O) groups is 2. The standard InChI is InChI=1S/C32H48FN5O5/c1-4-7-9-11-13-15-17-19-26(39)41-22-32(6-3)24(42-27(40)20-18-16-14-12-10-8-5-2)21-25(43-32)38-23-35-28-29(34)36-31(33)37-30(28)38/h3,23-25H,4-5,7-22H2,1-2H3,(H2,34,36,37)/t24-,25+,32+/m0/s1. The van der Waals surface area contributed by atoms with Crippen molar-refractivity contribution < 1.29 is 28.2 Å². The van der Waals surface area contributed by atoms with E-state index in [2.05, 4.69) is 34.7 Å². The fourth-order valence-corrected chi connectivity index (χ4v) is 5.40. The highest BCUT2D eigenvalue weighted by atomic mass is 19.1. The maximum Gasteiger partial charge on any atom is 0.312 e. The molecule has 0 amide bonds. The number of nitrogens with zero attached hydrogens (tertiary/aromatic N) is 4. The molecule has 1 aliphatic rings. The van der Waals surface area contributed by atoms with E-state index in [1.165, 1.54) is 49.4 Å². The first-order chi connectivity index (χ1) is 20.8. The summed E-state index contributed by atoms with van der Waals surface area (Å²) in [5, 5.41) is 0. The predicted molar refractivity (Wildman–Crippen MR) is 162 cm³/mol. The quantitative estimate of drug-likeness (QED) is 0.0774. The van der Waals surface area contributed by atoms with Gasteiger partial charge in [-0.3, -0.25) is 14.2 Å². The van der Waals surface area contributed by atoms with Gasteiger partial charge >= 0.3 is 18.0 Å². The van der Waals surface area contributed by atoms with Crippen LogP contribution < -0.4 is 5.73 Å². The van der Waals surface area contributed by atoms with Crippen molar-refractivity contribution in [3.8, 4) is 12.3 Å². The van der Waals surface area contributed by atoms with Crippen LogP contribution in [-0.4, -0.2) is 49.8 Å². The smallest absolute Gasteiger partial charge is 0.312 e. The molecule has 0 aromatic carbocycles. The van der Waals surface area contributed by atoms with Crippen molar-refractivity contribution in [2.24, 2.45) is 0 Å². The molecule has 43 heavy (non-hydrogen) atoms. The summed E-state index contributed by atoms with van der Waals surface area (Å²) < 4.78 is 33.2. The molecular weight excluding hydrogens is 553 g/mol. The third-order valence-corrected chi connectivity index (χ3v) is 7.95. The van der Waals surface area contributed by atoms with Crippen LogP contribution in [0.5, 0.6) is 0 Å². The number of ether oxygens (including phenoxy) is 3. The van der Waals surface area contributed by atoms with Gasteiger partial charge in [0.1, 0.15) is 18.9 Å². The Labute approximate surface area is 254 Å². The maximum absolute atomic E-state index is 14.0. The Bertz CT molecular complexity index is 1210. The molecule has 3 rings (SSSR count). The van der Waals surface area contributed by atoms with Gasteiger partial charge < -0.3 is 19.9 Å². The molecule has 0 unspecified atom stereocenters. The Morgan fingerprint density at radius 2 is 1.58 bits per heavy atom. The van der Waals surface area contributed by atoms with Crippen molar-refractivity contribution in [2.75, 3.05) is 12.3 Å². The number of fused-ring (bicyclic) bond motifs is 1. The zero-order valence-corrected chi connectivity index (χ0v) is 25.8. The zero-order valence-electron chi connectivity index (χ0n) is 25.8. The molecule has 2 aromatic rings. The summed E-state index contributed by atoms with van der Waals surface area (Å²) in [6.07, 6.45) is 20.3. The van der Waals surface area contributed by atoms with Gasteiger partial charge in [-0.1, -0.05) is 96.8 Å². The van der Waals surface area contributed by atoms with Crippen molar-refractivity contribution >= 4 is 28.9 Å². The van der Waals surface area contributed by atoms with E-state index in [0.29, 0.717) is 6.42 Å². The van der Waals surface area contributed by atoms with Gasteiger partial charge in [0.05, 0.1) is 6.33 Å². The van der Waals surface area contributed by atoms with Gasteiger partial charge in [0, 0.05) is 19.3 Å². The van der Waals surface area contributed by atoms with E-state index >= 15 is 0 Å². The van der Waals surface area contributed by atoms with Crippen LogP contribution >= 0.6 is 0 Å². The van der Waals surface area contributed by atoms with Gasteiger partial charge in [0.2, 0.25) is 5.60 Å². The SMILES string of the molecule is C#C[C@]1(COC(=O)CCCCCCCCC)O[C@@H](n2cnc3c(N)nc(F)nc32)C[C@@H]1OC(=O)CCCCCCCCC. The van der Waals surface area contributed by atoms with Crippen LogP contribution in [0.2, 0.25) is 0 Å². The molecule has 0 aliphatic carbocycles. The summed E-state index contributed by atoms with van der Waals surface area (Å²) in [5.74, 6) is 1.70. The third-order valence-electron chi connectivity index (χ3n) is 7.95. The molecule has 2 aromatic heterocycles. The molecule has 0 saturated carbocycles. The molecule has 2 N–H and O–H groups in total. The lowest BCUT2D eigenvalue weighted by atomic mass is 9.98. The van der Waals surface area contributed by atoms with Gasteiger partial charge in [0.15, 0.2) is 17.0 Å². The lowest BCUT2D eigenvalue weighted by Gasteiger charge is -2.28. The highest BCUT2D eigenvalue weighted by Gasteiger charge is 2.52. The Kier molecular flexibility index (Phi) is 14.1. The highest BCUT2D eigenvalue weighted by Crippen LogP contribution is 2.40. The van der Waals surface area contributed by atoms with E-state index in [-0.39, 0.29) is 48.8 Å². The Morgan fingerprint density at radius 3 is 2.19 bits per heavy atom. The molecule has 0 spiro atoms. The Hall–Kier alpha value is -3.26. The second-order valence-electron chi connectivity index (χ2n) is 11.4. The lowest BCUT2D eigenvalue weighted by Crippen LogP contribution is -2.45. The van der Waals surface area contributed by atoms with Crippen LogP contribution in [0, 0.1) is 18.4 Å². The minimum atomic E-state index is -1.54. The lowest BCUT2D eigenvalue weighted by molar-refractivity contribution is -0.166. The van der Waals surface area contributed by atoms with Gasteiger partial charge in [-0.25, -0.2) is 4.98 Å². The summed E-state index contributed by atoms with van der Waals surface area (Å²) in [6, 6.07) is 0. The van der Waals surface area contributed by atoms with Crippen LogP contribution in [0.4, 0.5) is 10.2 Å². The molecule has 1 fully saturated rings. The first kappa shape index (κ1) is 34.2. The average Bonchev–Trinajstić information content (AvgIpc) is 3.57. The summed E-state index contributed by atoms with van der Waals surface area (Å²) in [7, 11) is 0. The fourth-order valence-electron chi connectivity index (χ4n) is 5.40. The Balaban J connectivity index is 1.65. The fraction of sp³-hybridized carbons (Fsp3) is 0.719. The van der Waals surface area contributed by atoms with Gasteiger partial charge in [-0.15, -0.1) is 6.42 Å². The van der Waals surface area contributed by atoms with Crippen molar-refractivity contribution in [1.29, 1.82) is 0 Å². The van der Waals surface area contributed by atoms with E-state index in [0.717, 1.165) is 44.9 Å². The second kappa shape index (κ2) is 17.8. The number of anilines is 1. The minimum absolute atomic E-state index is 0.112. The second-order valence-corrected chi connectivity index (χ2v) is 11.4. The highest BCUT2D eigenvalue weighted by molar-refractivity contribution is 5.81. The number of rotatable bonds is 20. The topological polar surface area (TPSA) is 131 Å². The largest absolute Gasteiger partial charge is 0.461 e. The zero-order chi connectivity index (χ0) is 31.1. The molecule has 0 radical (unpaired) electrons. The average molecular weight is 602 g/mol. The maximum atomic E-state index is 14.0. The molecule has 11 heteroatoms. The van der Waals surface area contributed by atoms with Crippen LogP contribution in [0.15, 0.2) is 6.33 Å². The number of hydrogen-bond donors (Lipinski definition) is 1. The molecular formula is C32H48FN5O5. The summed E-state index contributed by atoms with van der Waals surface area (Å²) in [5.41, 5.74) is 4.61. The van der Waals surface area contributed by atoms with Gasteiger partial charge in [0.25, 0.3) is 0 Å². The number of unbranched alkanes of at least 4 members (excludes halogenated alkanes) is 12. The first-order valence-corrected chi connectivity index (χ1v) is 16.0. The van der Waals surface area contributed by atoms with E-state index in [4.69, 9.17) is 26.4 Å². The van der Waals surface area contributed by atoms with Crippen molar-refractivity contribution in [3.05, 3.63) is 12.4 Å². The number of nitrogen functional groups attached to an aromatic ring is 1. The van der Waals surface area contributed by atoms with Crippen molar-refractivity contribution in [1.82, 2.24) is 19.5 Å². The number of esters is 2. The monoisotopic (exact) mass is 601 g/mol. The van der Waals surface area contributed by atoms with E-state index in [1.807, 2.05) is 0 Å². The van der Waals surface area contributed by atoms with Crippen LogP contribution in [0.1, 0.15) is 129 Å². The van der Waals surface area contributed by atoms with Crippen molar-refractivity contribution in [3.63, 3.8) is 0 Å². The molecule has 10 nitrogen and oxygen atoms in total. The van der Waals surface area contributed by atoms with E-state index in [9.17, 15) is 14.0 Å². The van der Waals surface area contributed by atoms with Gasteiger partial charge in [-0.2, -0.15) is 14.4 Å². The molecule has 238 valence electrons. The Morgan fingerprint density at radius 1 is 1.00 bits per heavy atom. The number of imidazole rings is 1. The third kappa shape index (κ3) is 10.2. The molecule has 0 bridgehead atoms. The minimum Gasteiger partial charge on any atom is -0.461 e. The first-order valence-electron chi connectivity index (χ1n) is 16.0. The van der Waals surface area contributed by atoms with Gasteiger partial charge in [-0.05, 0) is 12.8 Å². The number of hydrogen-bond acceptors (Lipinski definition) is 9. The van der Waals surface area contributed by atoms with Crippen LogP contribution in [0.25, 0.3) is 11.2 Å². The molecule has 1 saturated heterocycles. The number of carbonyl (C=O) groups excluding carboxylic acids is 2. The molecule has 3 heterocycles. The van der Waals surface area contributed by atoms with E-state index < -0.39 is 30.0 Å².